The predicted molar refractivity (Wildman–Crippen MR) is 66.4 cm³/mol. The van der Waals surface area contributed by atoms with Gasteiger partial charge in [0.15, 0.2) is 0 Å². The molecule has 0 unspecified atom stereocenters. The van der Waals surface area contributed by atoms with Gasteiger partial charge >= 0.3 is 0 Å². The van der Waals surface area contributed by atoms with Crippen LogP contribution >= 0.6 is 46.0 Å². The first-order valence-electron chi connectivity index (χ1n) is 3.88. The van der Waals surface area contributed by atoms with Crippen LogP contribution in [0.2, 0.25) is 5.15 Å². The molecule has 1 heterocycles. The Balaban J connectivity index is 3.06. The van der Waals surface area contributed by atoms with Crippen molar-refractivity contribution in [3.05, 3.63) is 20.2 Å². The van der Waals surface area contributed by atoms with Gasteiger partial charge in [0.1, 0.15) is 11.0 Å². The number of rotatable bonds is 3. The Labute approximate surface area is 101 Å². The summed E-state index contributed by atoms with van der Waals surface area (Å²) in [5, 5.41) is 0.580. The molecule has 1 aromatic rings. The second-order valence-corrected chi connectivity index (χ2v) is 4.78. The van der Waals surface area contributed by atoms with E-state index in [1.165, 1.54) is 0 Å². The van der Waals surface area contributed by atoms with E-state index in [1.807, 2.05) is 6.26 Å². The third-order valence-corrected chi connectivity index (χ3v) is 3.81. The van der Waals surface area contributed by atoms with Crippen molar-refractivity contribution in [1.82, 2.24) is 9.97 Å². The molecule has 0 saturated heterocycles. The lowest BCUT2D eigenvalue weighted by molar-refractivity contribution is 0.927. The second kappa shape index (κ2) is 5.36. The fraction of sp³-hybridized carbons (Fsp3) is 0.500. The van der Waals surface area contributed by atoms with Crippen molar-refractivity contribution in [2.45, 2.75) is 19.1 Å². The first kappa shape index (κ1) is 11.5. The molecule has 0 spiro atoms. The number of thioether (sulfide) groups is 1. The van der Waals surface area contributed by atoms with Crippen LogP contribution < -0.4 is 0 Å². The molecule has 0 radical (unpaired) electrons. The molecular formula is C8H10ClIN2S. The summed E-state index contributed by atoms with van der Waals surface area (Å²) in [6.45, 7) is 2.07. The Hall–Kier alpha value is 0.450. The van der Waals surface area contributed by atoms with Crippen molar-refractivity contribution < 1.29 is 0 Å². The molecule has 0 amide bonds. The Kier molecular flexibility index (Phi) is 4.75. The molecule has 2 nitrogen and oxygen atoms in total. The summed E-state index contributed by atoms with van der Waals surface area (Å²) in [5.74, 6) is 1.65. The summed E-state index contributed by atoms with van der Waals surface area (Å²) < 4.78 is 0.978. The molecule has 1 aromatic heterocycles. The fourth-order valence-electron chi connectivity index (χ4n) is 0.939. The van der Waals surface area contributed by atoms with Gasteiger partial charge in [0.25, 0.3) is 0 Å². The molecule has 0 atom stereocenters. The summed E-state index contributed by atoms with van der Waals surface area (Å²) in [5.41, 5.74) is 1.05. The molecule has 0 aliphatic rings. The van der Waals surface area contributed by atoms with Crippen LogP contribution in [0.4, 0.5) is 0 Å². The second-order valence-electron chi connectivity index (χ2n) is 2.48. The fourth-order valence-corrected chi connectivity index (χ4v) is 2.16. The van der Waals surface area contributed by atoms with Crippen LogP contribution in [0.25, 0.3) is 0 Å². The molecule has 72 valence electrons. The quantitative estimate of drug-likeness (QED) is 0.630. The minimum Gasteiger partial charge on any atom is -0.236 e. The molecule has 13 heavy (non-hydrogen) atoms. The zero-order valence-corrected chi connectivity index (χ0v) is 11.2. The number of aromatic nitrogens is 2. The summed E-state index contributed by atoms with van der Waals surface area (Å²) in [6, 6.07) is 0. The summed E-state index contributed by atoms with van der Waals surface area (Å²) in [7, 11) is 0. The van der Waals surface area contributed by atoms with E-state index in [9.17, 15) is 0 Å². The van der Waals surface area contributed by atoms with Gasteiger partial charge in [0.2, 0.25) is 0 Å². The lowest BCUT2D eigenvalue weighted by Crippen LogP contribution is -2.01. The minimum absolute atomic E-state index is 0.580. The molecule has 0 bridgehead atoms. The number of hydrogen-bond donors (Lipinski definition) is 0. The minimum atomic E-state index is 0.580. The highest BCUT2D eigenvalue weighted by molar-refractivity contribution is 14.1. The van der Waals surface area contributed by atoms with Crippen LogP contribution in [-0.4, -0.2) is 16.2 Å². The topological polar surface area (TPSA) is 25.8 Å². The number of hydrogen-bond acceptors (Lipinski definition) is 3. The summed E-state index contributed by atoms with van der Waals surface area (Å²) >= 11 is 9.85. The third-order valence-electron chi connectivity index (χ3n) is 1.53. The van der Waals surface area contributed by atoms with Crippen molar-refractivity contribution in [2.75, 3.05) is 6.26 Å². The Bertz CT molecular complexity index is 306. The van der Waals surface area contributed by atoms with E-state index in [-0.39, 0.29) is 0 Å². The van der Waals surface area contributed by atoms with Crippen LogP contribution in [0.5, 0.6) is 0 Å². The van der Waals surface area contributed by atoms with Gasteiger partial charge in [0.05, 0.1) is 15.0 Å². The summed E-state index contributed by atoms with van der Waals surface area (Å²) in [4.78, 5) is 8.61. The maximum Gasteiger partial charge on any atom is 0.146 e. The molecular weight excluding hydrogens is 319 g/mol. The smallest absolute Gasteiger partial charge is 0.146 e. The van der Waals surface area contributed by atoms with Crippen molar-refractivity contribution in [3.8, 4) is 0 Å². The van der Waals surface area contributed by atoms with Gasteiger partial charge in [0, 0.05) is 0 Å². The van der Waals surface area contributed by atoms with Gasteiger partial charge in [-0.25, -0.2) is 9.97 Å². The molecule has 1 rings (SSSR count). The molecule has 0 saturated carbocycles. The van der Waals surface area contributed by atoms with E-state index in [2.05, 4.69) is 39.5 Å². The lowest BCUT2D eigenvalue weighted by atomic mass is 10.3. The molecule has 0 aliphatic heterocycles. The predicted octanol–water partition coefficient (Wildman–Crippen LogP) is 3.16. The van der Waals surface area contributed by atoms with Gasteiger partial charge in [-0.3, -0.25) is 0 Å². The Morgan fingerprint density at radius 2 is 2.15 bits per heavy atom. The van der Waals surface area contributed by atoms with E-state index in [0.717, 1.165) is 27.3 Å². The normalized spacial score (nSPS) is 10.5. The SMILES string of the molecule is CCc1nc(CSC)nc(Cl)c1I. The lowest BCUT2D eigenvalue weighted by Gasteiger charge is -2.04. The van der Waals surface area contributed by atoms with E-state index in [0.29, 0.717) is 5.15 Å². The van der Waals surface area contributed by atoms with E-state index < -0.39 is 0 Å². The van der Waals surface area contributed by atoms with E-state index in [4.69, 9.17) is 11.6 Å². The highest BCUT2D eigenvalue weighted by Gasteiger charge is 2.08. The van der Waals surface area contributed by atoms with E-state index >= 15 is 0 Å². The molecule has 0 N–H and O–H groups in total. The van der Waals surface area contributed by atoms with Gasteiger partial charge in [-0.2, -0.15) is 11.8 Å². The zero-order chi connectivity index (χ0) is 9.84. The average Bonchev–Trinajstić information content (AvgIpc) is 2.11. The largest absolute Gasteiger partial charge is 0.236 e. The van der Waals surface area contributed by atoms with E-state index in [1.54, 1.807) is 11.8 Å². The third kappa shape index (κ3) is 2.95. The van der Waals surface area contributed by atoms with Crippen LogP contribution in [0.3, 0.4) is 0 Å². The standard InChI is InChI=1S/C8H10ClIN2S/c1-3-5-7(10)8(9)12-6(11-5)4-13-2/h3-4H2,1-2H3. The maximum absolute atomic E-state index is 5.97. The van der Waals surface area contributed by atoms with Crippen molar-refractivity contribution in [2.24, 2.45) is 0 Å². The van der Waals surface area contributed by atoms with Crippen molar-refractivity contribution in [3.63, 3.8) is 0 Å². The van der Waals surface area contributed by atoms with Gasteiger partial charge in [-0.1, -0.05) is 18.5 Å². The number of halogens is 2. The van der Waals surface area contributed by atoms with Gasteiger partial charge < -0.3 is 0 Å². The molecule has 0 aromatic carbocycles. The number of aryl methyl sites for hydroxylation is 1. The molecule has 5 heteroatoms. The maximum atomic E-state index is 5.97. The highest BCUT2D eigenvalue weighted by atomic mass is 127. The first-order valence-corrected chi connectivity index (χ1v) is 6.73. The average molecular weight is 329 g/mol. The van der Waals surface area contributed by atoms with Gasteiger partial charge in [-0.15, -0.1) is 0 Å². The monoisotopic (exact) mass is 328 g/mol. The van der Waals surface area contributed by atoms with Crippen LogP contribution in [0.15, 0.2) is 0 Å². The Morgan fingerprint density at radius 1 is 1.46 bits per heavy atom. The molecule has 0 fully saturated rings. The van der Waals surface area contributed by atoms with Crippen LogP contribution in [-0.2, 0) is 12.2 Å². The van der Waals surface area contributed by atoms with Crippen molar-refractivity contribution in [1.29, 1.82) is 0 Å². The van der Waals surface area contributed by atoms with Crippen molar-refractivity contribution >= 4 is 46.0 Å². The molecule has 0 aliphatic carbocycles. The number of nitrogens with zero attached hydrogens (tertiary/aromatic N) is 2. The highest BCUT2D eigenvalue weighted by Crippen LogP contribution is 2.20. The van der Waals surface area contributed by atoms with Crippen LogP contribution in [0.1, 0.15) is 18.4 Å². The van der Waals surface area contributed by atoms with Gasteiger partial charge in [-0.05, 0) is 35.3 Å². The first-order chi connectivity index (χ1) is 6.19. The summed E-state index contributed by atoms with van der Waals surface area (Å²) in [6.07, 6.45) is 2.93. The Morgan fingerprint density at radius 3 is 2.69 bits per heavy atom. The zero-order valence-electron chi connectivity index (χ0n) is 7.47. The van der Waals surface area contributed by atoms with Crippen LogP contribution in [0, 0.1) is 3.57 Å².